The van der Waals surface area contributed by atoms with E-state index < -0.39 is 0 Å². The van der Waals surface area contributed by atoms with Crippen molar-refractivity contribution < 1.29 is 9.18 Å². The van der Waals surface area contributed by atoms with Gasteiger partial charge in [0.2, 0.25) is 5.91 Å². The maximum atomic E-state index is 13.2. The number of nitrogens with two attached hydrogens (primary N) is 1. The topological polar surface area (TPSA) is 70.9 Å². The molecule has 0 radical (unpaired) electrons. The van der Waals surface area contributed by atoms with E-state index in [1.165, 1.54) is 12.1 Å². The maximum absolute atomic E-state index is 13.2. The second kappa shape index (κ2) is 6.08. The number of hydrogen-bond donors (Lipinski definition) is 3. The maximum Gasteiger partial charge on any atom is 0.220 e. The molecule has 1 aliphatic carbocycles. The molecule has 1 saturated carbocycles. The molecular weight excluding hydrogens is 281 g/mol. The zero-order valence-corrected chi connectivity index (χ0v) is 12.8. The number of H-pyrrole nitrogens is 1. The van der Waals surface area contributed by atoms with Gasteiger partial charge >= 0.3 is 0 Å². The van der Waals surface area contributed by atoms with Gasteiger partial charge in [-0.15, -0.1) is 0 Å². The first kappa shape index (κ1) is 15.0. The third-order valence-corrected chi connectivity index (χ3v) is 4.70. The van der Waals surface area contributed by atoms with Gasteiger partial charge in [0.25, 0.3) is 0 Å². The first-order chi connectivity index (χ1) is 10.5. The van der Waals surface area contributed by atoms with E-state index in [1.807, 2.05) is 6.92 Å². The number of carbonyl (C=O) groups excluding carboxylic acids is 1. The van der Waals surface area contributed by atoms with E-state index in [2.05, 4.69) is 10.3 Å². The zero-order valence-electron chi connectivity index (χ0n) is 12.8. The molecule has 22 heavy (non-hydrogen) atoms. The number of carbonyl (C=O) groups is 1. The van der Waals surface area contributed by atoms with E-state index >= 15 is 0 Å². The Morgan fingerprint density at radius 3 is 2.95 bits per heavy atom. The fourth-order valence-electron chi connectivity index (χ4n) is 3.17. The number of aromatic nitrogens is 1. The first-order valence-corrected chi connectivity index (χ1v) is 7.83. The van der Waals surface area contributed by atoms with Crippen LogP contribution in [0.15, 0.2) is 18.2 Å². The van der Waals surface area contributed by atoms with Gasteiger partial charge in [-0.1, -0.05) is 0 Å². The van der Waals surface area contributed by atoms with Crippen LogP contribution in [0.4, 0.5) is 4.39 Å². The quantitative estimate of drug-likeness (QED) is 0.794. The molecule has 2 unspecified atom stereocenters. The number of aromatic amines is 1. The summed E-state index contributed by atoms with van der Waals surface area (Å²) in [6, 6.07) is 4.95. The van der Waals surface area contributed by atoms with Crippen LogP contribution in [-0.2, 0) is 11.2 Å². The molecule has 0 bridgehead atoms. The highest BCUT2D eigenvalue weighted by Gasteiger charge is 2.29. The molecule has 2 aromatic rings. The van der Waals surface area contributed by atoms with Crippen molar-refractivity contribution in [3.63, 3.8) is 0 Å². The number of nitrogens with one attached hydrogen (secondary N) is 2. The van der Waals surface area contributed by atoms with Crippen molar-refractivity contribution >= 4 is 16.8 Å². The van der Waals surface area contributed by atoms with Gasteiger partial charge in [0, 0.05) is 35.6 Å². The molecule has 4 N–H and O–H groups in total. The highest BCUT2D eigenvalue weighted by molar-refractivity contribution is 5.84. The van der Waals surface area contributed by atoms with Gasteiger partial charge in [0.15, 0.2) is 0 Å². The lowest BCUT2D eigenvalue weighted by atomic mass is 9.78. The van der Waals surface area contributed by atoms with Crippen LogP contribution in [0.3, 0.4) is 0 Å². The van der Waals surface area contributed by atoms with Gasteiger partial charge in [-0.3, -0.25) is 4.79 Å². The smallest absolute Gasteiger partial charge is 0.220 e. The van der Waals surface area contributed by atoms with Crippen LogP contribution in [0.25, 0.3) is 10.9 Å². The SMILES string of the molecule is Cc1[nH]c2cc(F)ccc2c1CCNC(=O)CC1CCC1N. The average Bonchev–Trinajstić information content (AvgIpc) is 2.78. The fourth-order valence-corrected chi connectivity index (χ4v) is 3.17. The predicted octanol–water partition coefficient (Wildman–Crippen LogP) is 2.40. The molecule has 1 amide bonds. The van der Waals surface area contributed by atoms with E-state index in [9.17, 15) is 9.18 Å². The Hall–Kier alpha value is -1.88. The molecule has 0 saturated heterocycles. The van der Waals surface area contributed by atoms with Gasteiger partial charge in [0.1, 0.15) is 5.82 Å². The normalized spacial score (nSPS) is 20.9. The summed E-state index contributed by atoms with van der Waals surface area (Å²) in [5, 5.41) is 3.98. The van der Waals surface area contributed by atoms with Crippen molar-refractivity contribution in [3.05, 3.63) is 35.3 Å². The number of rotatable bonds is 5. The monoisotopic (exact) mass is 303 g/mol. The summed E-state index contributed by atoms with van der Waals surface area (Å²) >= 11 is 0. The molecule has 1 fully saturated rings. The summed E-state index contributed by atoms with van der Waals surface area (Å²) in [4.78, 5) is 15.1. The van der Waals surface area contributed by atoms with Gasteiger partial charge in [-0.25, -0.2) is 4.39 Å². The lowest BCUT2D eigenvalue weighted by molar-refractivity contribution is -0.122. The van der Waals surface area contributed by atoms with E-state index in [0.29, 0.717) is 18.9 Å². The van der Waals surface area contributed by atoms with Crippen molar-refractivity contribution in [2.45, 2.75) is 38.6 Å². The minimum Gasteiger partial charge on any atom is -0.358 e. The summed E-state index contributed by atoms with van der Waals surface area (Å²) in [6.45, 7) is 2.56. The van der Waals surface area contributed by atoms with E-state index in [4.69, 9.17) is 5.73 Å². The second-order valence-corrected chi connectivity index (χ2v) is 6.22. The lowest BCUT2D eigenvalue weighted by Gasteiger charge is -2.32. The molecule has 0 spiro atoms. The molecule has 118 valence electrons. The summed E-state index contributed by atoms with van der Waals surface area (Å²) < 4.78 is 13.2. The molecule has 2 atom stereocenters. The minimum atomic E-state index is -0.245. The Morgan fingerprint density at radius 1 is 1.45 bits per heavy atom. The number of amides is 1. The number of hydrogen-bond acceptors (Lipinski definition) is 2. The van der Waals surface area contributed by atoms with E-state index in [0.717, 1.165) is 41.4 Å². The highest BCUT2D eigenvalue weighted by atomic mass is 19.1. The lowest BCUT2D eigenvalue weighted by Crippen LogP contribution is -2.42. The van der Waals surface area contributed by atoms with E-state index in [-0.39, 0.29) is 17.8 Å². The largest absolute Gasteiger partial charge is 0.358 e. The number of halogens is 1. The Labute approximate surface area is 129 Å². The molecule has 4 nitrogen and oxygen atoms in total. The molecule has 3 rings (SSSR count). The molecule has 1 heterocycles. The number of aryl methyl sites for hydroxylation is 1. The van der Waals surface area contributed by atoms with Gasteiger partial charge < -0.3 is 16.0 Å². The first-order valence-electron chi connectivity index (χ1n) is 7.83. The third-order valence-electron chi connectivity index (χ3n) is 4.70. The molecule has 0 aliphatic heterocycles. The summed E-state index contributed by atoms with van der Waals surface area (Å²) in [5.41, 5.74) is 8.82. The summed E-state index contributed by atoms with van der Waals surface area (Å²) in [6.07, 6.45) is 3.35. The van der Waals surface area contributed by atoms with Crippen LogP contribution in [0.5, 0.6) is 0 Å². The van der Waals surface area contributed by atoms with Crippen molar-refractivity contribution in [1.29, 1.82) is 0 Å². The van der Waals surface area contributed by atoms with Crippen LogP contribution in [0.1, 0.15) is 30.5 Å². The highest BCUT2D eigenvalue weighted by Crippen LogP contribution is 2.28. The predicted molar refractivity (Wildman–Crippen MR) is 85.0 cm³/mol. The Bertz CT molecular complexity index is 695. The Kier molecular flexibility index (Phi) is 4.16. The summed E-state index contributed by atoms with van der Waals surface area (Å²) in [7, 11) is 0. The molecule has 1 aromatic heterocycles. The van der Waals surface area contributed by atoms with Gasteiger partial charge in [-0.2, -0.15) is 0 Å². The minimum absolute atomic E-state index is 0.0729. The zero-order chi connectivity index (χ0) is 15.7. The van der Waals surface area contributed by atoms with Gasteiger partial charge in [-0.05, 0) is 55.9 Å². The third kappa shape index (κ3) is 2.99. The second-order valence-electron chi connectivity index (χ2n) is 6.22. The fraction of sp³-hybridized carbons (Fsp3) is 0.471. The molecular formula is C17H22FN3O. The van der Waals surface area contributed by atoms with E-state index in [1.54, 1.807) is 6.07 Å². The molecule has 5 heteroatoms. The van der Waals surface area contributed by atoms with Crippen LogP contribution in [0, 0.1) is 18.7 Å². The Morgan fingerprint density at radius 2 is 2.27 bits per heavy atom. The average molecular weight is 303 g/mol. The van der Waals surface area contributed by atoms with Crippen LogP contribution in [-0.4, -0.2) is 23.5 Å². The number of fused-ring (bicyclic) bond motifs is 1. The van der Waals surface area contributed by atoms with Crippen molar-refractivity contribution in [2.75, 3.05) is 6.54 Å². The van der Waals surface area contributed by atoms with Crippen molar-refractivity contribution in [3.8, 4) is 0 Å². The van der Waals surface area contributed by atoms with Crippen LogP contribution in [0.2, 0.25) is 0 Å². The van der Waals surface area contributed by atoms with Crippen molar-refractivity contribution in [2.24, 2.45) is 11.7 Å². The van der Waals surface area contributed by atoms with Crippen LogP contribution < -0.4 is 11.1 Å². The van der Waals surface area contributed by atoms with Crippen molar-refractivity contribution in [1.82, 2.24) is 10.3 Å². The Balaban J connectivity index is 1.57. The standard InChI is InChI=1S/C17H22FN3O/c1-10-13(14-4-3-12(18)9-16(14)21-10)6-7-20-17(22)8-11-2-5-15(11)19/h3-4,9,11,15,21H,2,5-8,19H2,1H3,(H,20,22). The molecule has 1 aliphatic rings. The van der Waals surface area contributed by atoms with Gasteiger partial charge in [0.05, 0.1) is 0 Å². The molecule has 1 aromatic carbocycles. The number of benzene rings is 1. The summed E-state index contributed by atoms with van der Waals surface area (Å²) in [5.74, 6) is 0.173. The van der Waals surface area contributed by atoms with Crippen LogP contribution >= 0.6 is 0 Å².